The summed E-state index contributed by atoms with van der Waals surface area (Å²) in [5.41, 5.74) is 3.16. The number of rotatable bonds is 3. The molecule has 1 amide bonds. The Hall–Kier alpha value is -4.23. The van der Waals surface area contributed by atoms with E-state index >= 15 is 0 Å². The molecule has 6 rings (SSSR count). The van der Waals surface area contributed by atoms with Crippen LogP contribution in [0.15, 0.2) is 72.3 Å². The van der Waals surface area contributed by atoms with E-state index in [9.17, 15) is 14.7 Å². The fourth-order valence-electron chi connectivity index (χ4n) is 4.85. The third-order valence-corrected chi connectivity index (χ3v) is 6.63. The van der Waals surface area contributed by atoms with Crippen LogP contribution in [0.4, 0.5) is 5.69 Å². The number of aliphatic hydroxyl groups is 1. The molecule has 3 aromatic carbocycles. The summed E-state index contributed by atoms with van der Waals surface area (Å²) >= 11 is 6.24. The number of nitrogens with one attached hydrogen (secondary N) is 1. The summed E-state index contributed by atoms with van der Waals surface area (Å²) in [6.07, 6.45) is 0. The number of aryl methyl sites for hydroxylation is 1. The molecule has 7 nitrogen and oxygen atoms in total. The van der Waals surface area contributed by atoms with Crippen molar-refractivity contribution in [1.82, 2.24) is 4.98 Å². The van der Waals surface area contributed by atoms with Crippen LogP contribution in [0.1, 0.15) is 22.9 Å². The molecule has 2 aliphatic rings. The number of H-pyrrole nitrogens is 1. The average Bonchev–Trinajstić information content (AvgIpc) is 3.52. The van der Waals surface area contributed by atoms with Gasteiger partial charge in [-0.05, 0) is 49.4 Å². The number of ketones is 1. The number of anilines is 1. The van der Waals surface area contributed by atoms with Crippen LogP contribution in [0.2, 0.25) is 5.02 Å². The largest absolute Gasteiger partial charge is 0.507 e. The van der Waals surface area contributed by atoms with E-state index in [0.29, 0.717) is 27.8 Å². The van der Waals surface area contributed by atoms with Crippen molar-refractivity contribution in [1.29, 1.82) is 0 Å². The molecular formula is C27H19ClN2O5. The van der Waals surface area contributed by atoms with E-state index < -0.39 is 17.7 Å². The van der Waals surface area contributed by atoms with Crippen molar-refractivity contribution in [2.45, 2.75) is 13.0 Å². The average molecular weight is 487 g/mol. The molecule has 2 N–H and O–H groups in total. The van der Waals surface area contributed by atoms with Gasteiger partial charge < -0.3 is 19.6 Å². The predicted octanol–water partition coefficient (Wildman–Crippen LogP) is 5.48. The number of carbonyl (C=O) groups excluding carboxylic acids is 2. The number of aromatic amines is 1. The van der Waals surface area contributed by atoms with Crippen LogP contribution in [-0.4, -0.2) is 28.6 Å². The van der Waals surface area contributed by atoms with Crippen molar-refractivity contribution < 1.29 is 24.2 Å². The van der Waals surface area contributed by atoms with Crippen LogP contribution in [0.25, 0.3) is 16.7 Å². The van der Waals surface area contributed by atoms with Crippen LogP contribution in [0, 0.1) is 6.92 Å². The zero-order valence-corrected chi connectivity index (χ0v) is 19.3. The Morgan fingerprint density at radius 2 is 1.83 bits per heavy atom. The van der Waals surface area contributed by atoms with E-state index in [4.69, 9.17) is 21.1 Å². The summed E-state index contributed by atoms with van der Waals surface area (Å²) < 4.78 is 10.8. The van der Waals surface area contributed by atoms with Gasteiger partial charge in [0.05, 0.1) is 11.6 Å². The Labute approximate surface area is 205 Å². The first kappa shape index (κ1) is 21.3. The molecule has 1 atom stereocenters. The van der Waals surface area contributed by atoms with Crippen molar-refractivity contribution in [2.75, 3.05) is 11.7 Å². The van der Waals surface area contributed by atoms with Crippen LogP contribution in [0.3, 0.4) is 0 Å². The molecule has 1 saturated heterocycles. The number of halogens is 1. The second-order valence-electron chi connectivity index (χ2n) is 8.43. The first-order valence-electron chi connectivity index (χ1n) is 11.0. The summed E-state index contributed by atoms with van der Waals surface area (Å²) in [6.45, 7) is 1.96. The summed E-state index contributed by atoms with van der Waals surface area (Å²) in [4.78, 5) is 31.6. The maximum atomic E-state index is 13.5. The van der Waals surface area contributed by atoms with E-state index in [0.717, 1.165) is 22.2 Å². The van der Waals surface area contributed by atoms with Gasteiger partial charge in [0.15, 0.2) is 11.5 Å². The van der Waals surface area contributed by atoms with E-state index in [1.165, 1.54) is 4.90 Å². The molecule has 1 unspecified atom stereocenters. The number of Topliss-reactive ketones (excluding diaryl/α,β-unsaturated/α-hetero) is 1. The van der Waals surface area contributed by atoms with Crippen LogP contribution >= 0.6 is 11.6 Å². The van der Waals surface area contributed by atoms with Gasteiger partial charge in [-0.1, -0.05) is 35.9 Å². The minimum Gasteiger partial charge on any atom is -0.507 e. The highest BCUT2D eigenvalue weighted by Gasteiger charge is 2.48. The number of nitrogens with zero attached hydrogens (tertiary/aromatic N) is 1. The summed E-state index contributed by atoms with van der Waals surface area (Å²) in [5.74, 6) is -0.817. The number of ether oxygens (including phenoxy) is 2. The first-order valence-corrected chi connectivity index (χ1v) is 11.4. The number of aliphatic hydroxyl groups excluding tert-OH is 1. The Bertz CT molecular complexity index is 1570. The van der Waals surface area contributed by atoms with E-state index in [-0.39, 0.29) is 18.1 Å². The van der Waals surface area contributed by atoms with Crippen molar-refractivity contribution >= 4 is 45.6 Å². The van der Waals surface area contributed by atoms with Gasteiger partial charge in [0.1, 0.15) is 5.76 Å². The van der Waals surface area contributed by atoms with Crippen LogP contribution in [0.5, 0.6) is 11.5 Å². The standard InChI is InChI=1S/C27H19ClN2O5/c1-14-22(18-7-2-3-8-19(18)29-14)24-23(25(31)15-9-10-20-21(11-15)35-13-34-20)26(32)27(33)30(24)17-6-4-5-16(28)12-17/h2-12,24,29,31H,13H2,1H3/b25-23+. The fraction of sp³-hybridized carbons (Fsp3) is 0.111. The van der Waals surface area contributed by atoms with Crippen LogP contribution < -0.4 is 14.4 Å². The molecule has 0 spiro atoms. The van der Waals surface area contributed by atoms with Gasteiger partial charge >= 0.3 is 0 Å². The zero-order valence-electron chi connectivity index (χ0n) is 18.5. The molecule has 4 aromatic rings. The van der Waals surface area contributed by atoms with E-state index in [1.807, 2.05) is 31.2 Å². The van der Waals surface area contributed by atoms with Crippen molar-refractivity contribution in [3.63, 3.8) is 0 Å². The third kappa shape index (κ3) is 3.27. The predicted molar refractivity (Wildman–Crippen MR) is 132 cm³/mol. The summed E-state index contributed by atoms with van der Waals surface area (Å²) in [7, 11) is 0. The summed E-state index contributed by atoms with van der Waals surface area (Å²) in [5, 5.41) is 12.7. The first-order chi connectivity index (χ1) is 16.9. The normalized spacial score (nSPS) is 18.6. The number of para-hydroxylation sites is 1. The lowest BCUT2D eigenvalue weighted by Gasteiger charge is -2.26. The van der Waals surface area contributed by atoms with Crippen molar-refractivity contribution in [3.05, 3.63) is 94.1 Å². The highest BCUT2D eigenvalue weighted by molar-refractivity contribution is 6.52. The van der Waals surface area contributed by atoms with Crippen LogP contribution in [-0.2, 0) is 9.59 Å². The Balaban J connectivity index is 1.63. The minimum absolute atomic E-state index is 0.0123. The molecule has 8 heteroatoms. The minimum atomic E-state index is -0.880. The van der Waals surface area contributed by atoms with Gasteiger partial charge in [-0.3, -0.25) is 14.5 Å². The van der Waals surface area contributed by atoms with Gasteiger partial charge in [-0.2, -0.15) is 0 Å². The van der Waals surface area contributed by atoms with Crippen molar-refractivity contribution in [2.24, 2.45) is 0 Å². The highest BCUT2D eigenvalue weighted by Crippen LogP contribution is 2.46. The van der Waals surface area contributed by atoms with Crippen molar-refractivity contribution in [3.8, 4) is 11.5 Å². The maximum absolute atomic E-state index is 13.5. The molecule has 0 bridgehead atoms. The number of hydrogen-bond acceptors (Lipinski definition) is 5. The molecule has 174 valence electrons. The molecule has 35 heavy (non-hydrogen) atoms. The van der Waals surface area contributed by atoms with Gasteiger partial charge in [-0.25, -0.2) is 0 Å². The lowest BCUT2D eigenvalue weighted by atomic mass is 9.93. The topological polar surface area (TPSA) is 91.9 Å². The third-order valence-electron chi connectivity index (χ3n) is 6.39. The number of amides is 1. The quantitative estimate of drug-likeness (QED) is 0.227. The number of fused-ring (bicyclic) bond motifs is 2. The molecule has 0 radical (unpaired) electrons. The molecule has 3 heterocycles. The molecule has 2 aliphatic heterocycles. The molecular weight excluding hydrogens is 468 g/mol. The monoisotopic (exact) mass is 486 g/mol. The SMILES string of the molecule is Cc1[nH]c2ccccc2c1C1/C(=C(\O)c2ccc3c(c2)OCO3)C(=O)C(=O)N1c1cccc(Cl)c1. The lowest BCUT2D eigenvalue weighted by molar-refractivity contribution is -0.132. The lowest BCUT2D eigenvalue weighted by Crippen LogP contribution is -2.29. The highest BCUT2D eigenvalue weighted by atomic mass is 35.5. The van der Waals surface area contributed by atoms with E-state index in [1.54, 1.807) is 42.5 Å². The molecule has 0 aliphatic carbocycles. The Kier molecular flexibility index (Phi) is 4.82. The zero-order chi connectivity index (χ0) is 24.3. The number of aromatic nitrogens is 1. The molecule has 1 fully saturated rings. The van der Waals surface area contributed by atoms with Gasteiger partial charge in [0.2, 0.25) is 6.79 Å². The van der Waals surface area contributed by atoms with E-state index in [2.05, 4.69) is 4.98 Å². The maximum Gasteiger partial charge on any atom is 0.300 e. The Morgan fingerprint density at radius 3 is 2.66 bits per heavy atom. The number of hydrogen-bond donors (Lipinski definition) is 2. The molecule has 1 aromatic heterocycles. The summed E-state index contributed by atoms with van der Waals surface area (Å²) in [6, 6.07) is 18.4. The Morgan fingerprint density at radius 1 is 1.03 bits per heavy atom. The number of benzene rings is 3. The number of carbonyl (C=O) groups is 2. The second-order valence-corrected chi connectivity index (χ2v) is 8.86. The van der Waals surface area contributed by atoms with Gasteiger partial charge in [0, 0.05) is 38.4 Å². The van der Waals surface area contributed by atoms with Gasteiger partial charge in [0.25, 0.3) is 11.7 Å². The van der Waals surface area contributed by atoms with Gasteiger partial charge in [-0.15, -0.1) is 0 Å². The fourth-order valence-corrected chi connectivity index (χ4v) is 5.03. The molecule has 0 saturated carbocycles. The smallest absolute Gasteiger partial charge is 0.300 e. The second kappa shape index (κ2) is 7.92.